The molecule has 0 aromatic heterocycles. The SMILES string of the molecule is O=C(NCC1CCCN(C(=O)/C=C/c2ccccc2)C1)C1CCCN1. The van der Waals surface area contributed by atoms with Crippen molar-refractivity contribution in [3.8, 4) is 0 Å². The van der Waals surface area contributed by atoms with E-state index < -0.39 is 0 Å². The molecule has 0 spiro atoms. The van der Waals surface area contributed by atoms with Gasteiger partial charge in [-0.05, 0) is 49.8 Å². The largest absolute Gasteiger partial charge is 0.354 e. The molecule has 2 atom stereocenters. The molecule has 2 fully saturated rings. The van der Waals surface area contributed by atoms with Gasteiger partial charge in [-0.15, -0.1) is 0 Å². The fourth-order valence-corrected chi connectivity index (χ4v) is 3.55. The standard InChI is InChI=1S/C20H27N3O2/c24-19(11-10-16-6-2-1-3-7-16)23-13-5-8-17(15-23)14-22-20(25)18-9-4-12-21-18/h1-3,6-7,10-11,17-18,21H,4-5,8-9,12-15H2,(H,22,25)/b11-10+. The molecule has 2 unspecified atom stereocenters. The number of carbonyl (C=O) groups excluding carboxylic acids is 2. The second-order valence-corrected chi connectivity index (χ2v) is 6.93. The molecule has 0 radical (unpaired) electrons. The van der Waals surface area contributed by atoms with E-state index >= 15 is 0 Å². The van der Waals surface area contributed by atoms with Crippen LogP contribution in [0, 0.1) is 5.92 Å². The summed E-state index contributed by atoms with van der Waals surface area (Å²) < 4.78 is 0. The first-order valence-corrected chi connectivity index (χ1v) is 9.25. The van der Waals surface area contributed by atoms with Gasteiger partial charge in [0.05, 0.1) is 6.04 Å². The van der Waals surface area contributed by atoms with Crippen LogP contribution in [0.2, 0.25) is 0 Å². The van der Waals surface area contributed by atoms with Crippen LogP contribution in [-0.4, -0.2) is 48.9 Å². The van der Waals surface area contributed by atoms with Gasteiger partial charge in [0.2, 0.25) is 11.8 Å². The van der Waals surface area contributed by atoms with Crippen molar-refractivity contribution in [2.45, 2.75) is 31.7 Å². The Bertz CT molecular complexity index is 609. The minimum absolute atomic E-state index is 0.0323. The summed E-state index contributed by atoms with van der Waals surface area (Å²) in [5, 5.41) is 6.27. The van der Waals surface area contributed by atoms with Crippen molar-refractivity contribution < 1.29 is 9.59 Å². The molecule has 2 aliphatic rings. The smallest absolute Gasteiger partial charge is 0.246 e. The number of nitrogens with one attached hydrogen (secondary N) is 2. The van der Waals surface area contributed by atoms with Crippen molar-refractivity contribution in [3.63, 3.8) is 0 Å². The third-order valence-corrected chi connectivity index (χ3v) is 4.99. The summed E-state index contributed by atoms with van der Waals surface area (Å²) in [5.74, 6) is 0.496. The molecule has 5 nitrogen and oxygen atoms in total. The lowest BCUT2D eigenvalue weighted by atomic mass is 9.97. The number of piperidine rings is 1. The van der Waals surface area contributed by atoms with Gasteiger partial charge in [0.25, 0.3) is 0 Å². The molecule has 25 heavy (non-hydrogen) atoms. The quantitative estimate of drug-likeness (QED) is 0.803. The zero-order valence-corrected chi connectivity index (χ0v) is 14.6. The average molecular weight is 341 g/mol. The van der Waals surface area contributed by atoms with Crippen molar-refractivity contribution in [2.75, 3.05) is 26.2 Å². The molecule has 3 rings (SSSR count). The number of amides is 2. The van der Waals surface area contributed by atoms with Gasteiger partial charge in [-0.25, -0.2) is 0 Å². The minimum atomic E-state index is -0.0323. The zero-order valence-electron chi connectivity index (χ0n) is 14.6. The third kappa shape index (κ3) is 5.16. The van der Waals surface area contributed by atoms with Crippen molar-refractivity contribution in [2.24, 2.45) is 5.92 Å². The Hall–Kier alpha value is -2.14. The number of nitrogens with zero attached hydrogens (tertiary/aromatic N) is 1. The summed E-state index contributed by atoms with van der Waals surface area (Å²) in [7, 11) is 0. The van der Waals surface area contributed by atoms with E-state index in [0.717, 1.165) is 50.9 Å². The predicted octanol–water partition coefficient (Wildman–Crippen LogP) is 1.81. The van der Waals surface area contributed by atoms with E-state index in [1.54, 1.807) is 6.08 Å². The van der Waals surface area contributed by atoms with Crippen molar-refractivity contribution in [1.29, 1.82) is 0 Å². The van der Waals surface area contributed by atoms with Crippen LogP contribution in [0.4, 0.5) is 0 Å². The monoisotopic (exact) mass is 341 g/mol. The van der Waals surface area contributed by atoms with Crippen LogP contribution in [0.25, 0.3) is 6.08 Å². The van der Waals surface area contributed by atoms with Gasteiger partial charge >= 0.3 is 0 Å². The maximum atomic E-state index is 12.4. The van der Waals surface area contributed by atoms with Gasteiger partial charge in [-0.2, -0.15) is 0 Å². The maximum absolute atomic E-state index is 12.4. The fraction of sp³-hybridized carbons (Fsp3) is 0.500. The summed E-state index contributed by atoms with van der Waals surface area (Å²) >= 11 is 0. The number of hydrogen-bond acceptors (Lipinski definition) is 3. The van der Waals surface area contributed by atoms with Gasteiger partial charge in [0.15, 0.2) is 0 Å². The Morgan fingerprint density at radius 2 is 2.04 bits per heavy atom. The fourth-order valence-electron chi connectivity index (χ4n) is 3.55. The van der Waals surface area contributed by atoms with E-state index in [1.807, 2.05) is 41.3 Å². The second-order valence-electron chi connectivity index (χ2n) is 6.93. The molecule has 2 heterocycles. The van der Waals surface area contributed by atoms with Crippen molar-refractivity contribution in [3.05, 3.63) is 42.0 Å². The number of likely N-dealkylation sites (tertiary alicyclic amines) is 1. The van der Waals surface area contributed by atoms with Crippen LogP contribution in [0.1, 0.15) is 31.2 Å². The van der Waals surface area contributed by atoms with Crippen LogP contribution < -0.4 is 10.6 Å². The van der Waals surface area contributed by atoms with Gasteiger partial charge in [-0.3, -0.25) is 9.59 Å². The Kier molecular flexibility index (Phi) is 6.23. The molecule has 0 saturated carbocycles. The van der Waals surface area contributed by atoms with Gasteiger partial charge in [0, 0.05) is 25.7 Å². The molecular formula is C20H27N3O2. The van der Waals surface area contributed by atoms with Gasteiger partial charge in [-0.1, -0.05) is 30.3 Å². The molecule has 0 aliphatic carbocycles. The highest BCUT2D eigenvalue weighted by molar-refractivity contribution is 5.91. The van der Waals surface area contributed by atoms with Crippen molar-refractivity contribution in [1.82, 2.24) is 15.5 Å². The van der Waals surface area contributed by atoms with E-state index in [-0.39, 0.29) is 17.9 Å². The van der Waals surface area contributed by atoms with Crippen LogP contribution in [0.3, 0.4) is 0 Å². The number of hydrogen-bond donors (Lipinski definition) is 2. The van der Waals surface area contributed by atoms with Crippen LogP contribution in [-0.2, 0) is 9.59 Å². The lowest BCUT2D eigenvalue weighted by Crippen LogP contribution is -2.46. The Morgan fingerprint density at radius 1 is 1.20 bits per heavy atom. The Balaban J connectivity index is 1.46. The minimum Gasteiger partial charge on any atom is -0.354 e. The molecule has 5 heteroatoms. The lowest BCUT2D eigenvalue weighted by Gasteiger charge is -2.32. The third-order valence-electron chi connectivity index (χ3n) is 4.99. The summed E-state index contributed by atoms with van der Waals surface area (Å²) in [6.07, 6.45) is 7.55. The molecular weight excluding hydrogens is 314 g/mol. The first-order valence-electron chi connectivity index (χ1n) is 9.25. The molecule has 134 valence electrons. The highest BCUT2D eigenvalue weighted by Gasteiger charge is 2.25. The second kappa shape index (κ2) is 8.81. The van der Waals surface area contributed by atoms with E-state index in [0.29, 0.717) is 12.5 Å². The molecule has 1 aromatic rings. The number of carbonyl (C=O) groups is 2. The lowest BCUT2D eigenvalue weighted by molar-refractivity contribution is -0.127. The van der Waals surface area contributed by atoms with E-state index in [2.05, 4.69) is 10.6 Å². The average Bonchev–Trinajstić information content (AvgIpc) is 3.20. The highest BCUT2D eigenvalue weighted by atomic mass is 16.2. The number of benzene rings is 1. The molecule has 2 aliphatic heterocycles. The molecule has 1 aromatic carbocycles. The molecule has 0 bridgehead atoms. The van der Waals surface area contributed by atoms with E-state index in [9.17, 15) is 9.59 Å². The normalized spacial score (nSPS) is 23.8. The highest BCUT2D eigenvalue weighted by Crippen LogP contribution is 2.17. The Labute approximate surface area is 149 Å². The predicted molar refractivity (Wildman–Crippen MR) is 98.8 cm³/mol. The van der Waals surface area contributed by atoms with Crippen LogP contribution >= 0.6 is 0 Å². The summed E-state index contributed by atoms with van der Waals surface area (Å²) in [6, 6.07) is 9.82. The van der Waals surface area contributed by atoms with Crippen LogP contribution in [0.5, 0.6) is 0 Å². The van der Waals surface area contributed by atoms with E-state index in [1.165, 1.54) is 0 Å². The molecule has 2 amide bonds. The van der Waals surface area contributed by atoms with Crippen LogP contribution in [0.15, 0.2) is 36.4 Å². The topological polar surface area (TPSA) is 61.4 Å². The van der Waals surface area contributed by atoms with E-state index in [4.69, 9.17) is 0 Å². The van der Waals surface area contributed by atoms with Crippen molar-refractivity contribution >= 4 is 17.9 Å². The Morgan fingerprint density at radius 3 is 2.80 bits per heavy atom. The maximum Gasteiger partial charge on any atom is 0.246 e. The molecule has 2 saturated heterocycles. The number of rotatable bonds is 5. The first kappa shape index (κ1) is 17.7. The summed E-state index contributed by atoms with van der Waals surface area (Å²) in [4.78, 5) is 26.4. The van der Waals surface area contributed by atoms with Gasteiger partial charge < -0.3 is 15.5 Å². The summed E-state index contributed by atoms with van der Waals surface area (Å²) in [5.41, 5.74) is 1.03. The summed E-state index contributed by atoms with van der Waals surface area (Å²) in [6.45, 7) is 3.10. The zero-order chi connectivity index (χ0) is 17.5. The molecule has 2 N–H and O–H groups in total. The van der Waals surface area contributed by atoms with Gasteiger partial charge in [0.1, 0.15) is 0 Å². The first-order chi connectivity index (χ1) is 12.2.